The minimum absolute atomic E-state index is 0.341. The molecule has 0 spiro atoms. The van der Waals surface area contributed by atoms with Gasteiger partial charge in [0, 0.05) is 12.2 Å². The van der Waals surface area contributed by atoms with Crippen LogP contribution >= 0.6 is 0 Å². The maximum absolute atomic E-state index is 11.5. The Balaban J connectivity index is 2.01. The summed E-state index contributed by atoms with van der Waals surface area (Å²) < 4.78 is 10.2. The average Bonchev–Trinajstić information content (AvgIpc) is 2.89. The van der Waals surface area contributed by atoms with Gasteiger partial charge in [-0.05, 0) is 31.5 Å². The third-order valence-corrected chi connectivity index (χ3v) is 2.76. The summed E-state index contributed by atoms with van der Waals surface area (Å²) in [5.41, 5.74) is 0.369. The van der Waals surface area contributed by atoms with Gasteiger partial charge in [-0.15, -0.1) is 0 Å². The highest BCUT2D eigenvalue weighted by molar-refractivity contribution is 5.91. The summed E-state index contributed by atoms with van der Waals surface area (Å²) in [6.07, 6.45) is 3.87. The Bertz CT molecular complexity index is 389. The fraction of sp³-hybridized carbons (Fsp3) is 0.500. The van der Waals surface area contributed by atoms with Crippen LogP contribution < -0.4 is 10.1 Å². The molecule has 1 saturated heterocycles. The number of nitrogens with zero attached hydrogens (tertiary/aromatic N) is 1. The van der Waals surface area contributed by atoms with Crippen LogP contribution in [0.15, 0.2) is 18.3 Å². The zero-order valence-corrected chi connectivity index (χ0v) is 9.81. The Hall–Kier alpha value is -1.62. The number of hydrogen-bond acceptors (Lipinski definition) is 5. The largest absolute Gasteiger partial charge is 0.475 e. The Labute approximate surface area is 100 Å². The van der Waals surface area contributed by atoms with Crippen molar-refractivity contribution in [3.05, 3.63) is 23.9 Å². The molecule has 2 rings (SSSR count). The fourth-order valence-corrected chi connectivity index (χ4v) is 1.85. The van der Waals surface area contributed by atoms with Gasteiger partial charge in [0.1, 0.15) is 12.2 Å². The predicted molar refractivity (Wildman–Crippen MR) is 62.1 cm³/mol. The second-order valence-electron chi connectivity index (χ2n) is 3.95. The van der Waals surface area contributed by atoms with E-state index in [-0.39, 0.29) is 0 Å². The lowest BCUT2D eigenvalue weighted by Gasteiger charge is -2.13. The summed E-state index contributed by atoms with van der Waals surface area (Å²) >= 11 is 0. The van der Waals surface area contributed by atoms with Gasteiger partial charge < -0.3 is 14.8 Å². The second-order valence-corrected chi connectivity index (χ2v) is 3.95. The van der Waals surface area contributed by atoms with Crippen LogP contribution in [0.2, 0.25) is 0 Å². The normalized spacial score (nSPS) is 19.0. The zero-order valence-electron chi connectivity index (χ0n) is 9.81. The van der Waals surface area contributed by atoms with E-state index in [0.29, 0.717) is 24.1 Å². The highest BCUT2D eigenvalue weighted by Crippen LogP contribution is 2.16. The average molecular weight is 236 g/mol. The fourth-order valence-electron chi connectivity index (χ4n) is 1.85. The van der Waals surface area contributed by atoms with Gasteiger partial charge in [0.25, 0.3) is 0 Å². The van der Waals surface area contributed by atoms with Crippen LogP contribution in [0.3, 0.4) is 0 Å². The van der Waals surface area contributed by atoms with E-state index < -0.39 is 5.97 Å². The van der Waals surface area contributed by atoms with Crippen LogP contribution in [0, 0.1) is 0 Å². The molecule has 5 heteroatoms. The number of ether oxygens (including phenoxy) is 2. The maximum atomic E-state index is 11.5. The van der Waals surface area contributed by atoms with Crippen molar-refractivity contribution in [1.29, 1.82) is 0 Å². The summed E-state index contributed by atoms with van der Waals surface area (Å²) in [5, 5.41) is 3.32. The number of aromatic nitrogens is 1. The molecule has 1 atom stereocenters. The molecule has 0 aromatic carbocycles. The molecule has 0 amide bonds. The first kappa shape index (κ1) is 11.9. The van der Waals surface area contributed by atoms with Gasteiger partial charge >= 0.3 is 5.97 Å². The number of nitrogens with one attached hydrogen (secondary N) is 1. The van der Waals surface area contributed by atoms with Crippen LogP contribution in [-0.2, 0) is 4.74 Å². The van der Waals surface area contributed by atoms with E-state index in [4.69, 9.17) is 4.74 Å². The topological polar surface area (TPSA) is 60.5 Å². The summed E-state index contributed by atoms with van der Waals surface area (Å²) in [5.74, 6) is -0.0828. The number of hydrogen-bond donors (Lipinski definition) is 1. The van der Waals surface area contributed by atoms with E-state index in [1.165, 1.54) is 13.5 Å². The Morgan fingerprint density at radius 1 is 1.65 bits per heavy atom. The summed E-state index contributed by atoms with van der Waals surface area (Å²) in [6.45, 7) is 1.56. The minimum atomic E-state index is -0.424. The summed E-state index contributed by atoms with van der Waals surface area (Å²) in [4.78, 5) is 15.5. The van der Waals surface area contributed by atoms with E-state index in [9.17, 15) is 4.79 Å². The van der Waals surface area contributed by atoms with Gasteiger partial charge in [-0.3, -0.25) is 0 Å². The molecule has 0 aliphatic carbocycles. The predicted octanol–water partition coefficient (Wildman–Crippen LogP) is 0.999. The third-order valence-electron chi connectivity index (χ3n) is 2.76. The van der Waals surface area contributed by atoms with Crippen molar-refractivity contribution >= 4 is 5.97 Å². The van der Waals surface area contributed by atoms with Crippen molar-refractivity contribution < 1.29 is 14.3 Å². The number of rotatable bonds is 4. The number of methoxy groups -OCH3 is 1. The van der Waals surface area contributed by atoms with Gasteiger partial charge in [-0.1, -0.05) is 0 Å². The highest BCUT2D eigenvalue weighted by atomic mass is 16.5. The summed E-state index contributed by atoms with van der Waals surface area (Å²) in [6, 6.07) is 3.69. The van der Waals surface area contributed by atoms with Crippen molar-refractivity contribution in [1.82, 2.24) is 10.3 Å². The standard InChI is InChI=1S/C12H16N2O3/c1-16-12(15)10-5-3-7-14-11(10)17-8-9-4-2-6-13-9/h3,5,7,9,13H,2,4,6,8H2,1H3. The van der Waals surface area contributed by atoms with Gasteiger partial charge in [-0.2, -0.15) is 0 Å². The summed E-state index contributed by atoms with van der Waals surface area (Å²) in [7, 11) is 1.34. The van der Waals surface area contributed by atoms with E-state index in [1.807, 2.05) is 0 Å². The monoisotopic (exact) mass is 236 g/mol. The highest BCUT2D eigenvalue weighted by Gasteiger charge is 2.18. The van der Waals surface area contributed by atoms with Gasteiger partial charge in [0.15, 0.2) is 0 Å². The van der Waals surface area contributed by atoms with Crippen LogP contribution in [0.25, 0.3) is 0 Å². The van der Waals surface area contributed by atoms with Gasteiger partial charge in [0.05, 0.1) is 7.11 Å². The molecule has 5 nitrogen and oxygen atoms in total. The van der Waals surface area contributed by atoms with E-state index in [2.05, 4.69) is 15.0 Å². The van der Waals surface area contributed by atoms with Gasteiger partial charge in [-0.25, -0.2) is 9.78 Å². The molecule has 92 valence electrons. The first-order valence-electron chi connectivity index (χ1n) is 5.71. The van der Waals surface area contributed by atoms with E-state index in [1.54, 1.807) is 18.3 Å². The molecule has 1 aliphatic rings. The minimum Gasteiger partial charge on any atom is -0.475 e. The van der Waals surface area contributed by atoms with Crippen molar-refractivity contribution in [2.45, 2.75) is 18.9 Å². The lowest BCUT2D eigenvalue weighted by molar-refractivity contribution is 0.0594. The molecule has 1 unspecified atom stereocenters. The molecule has 0 saturated carbocycles. The number of carbonyl (C=O) groups is 1. The lowest BCUT2D eigenvalue weighted by atomic mass is 10.2. The van der Waals surface area contributed by atoms with Crippen molar-refractivity contribution in [3.63, 3.8) is 0 Å². The quantitative estimate of drug-likeness (QED) is 0.790. The molecular weight excluding hydrogens is 220 g/mol. The van der Waals surface area contributed by atoms with Crippen LogP contribution in [0.5, 0.6) is 5.88 Å². The molecule has 1 aromatic rings. The van der Waals surface area contributed by atoms with E-state index >= 15 is 0 Å². The molecule has 1 N–H and O–H groups in total. The molecule has 1 aromatic heterocycles. The molecule has 1 fully saturated rings. The molecule has 0 bridgehead atoms. The Morgan fingerprint density at radius 3 is 3.24 bits per heavy atom. The molecule has 1 aliphatic heterocycles. The van der Waals surface area contributed by atoms with Crippen molar-refractivity contribution in [2.24, 2.45) is 0 Å². The molecule has 2 heterocycles. The lowest BCUT2D eigenvalue weighted by Crippen LogP contribution is -2.28. The Morgan fingerprint density at radius 2 is 2.53 bits per heavy atom. The first-order chi connectivity index (χ1) is 8.31. The number of pyridine rings is 1. The molecule has 0 radical (unpaired) electrons. The smallest absolute Gasteiger partial charge is 0.343 e. The number of esters is 1. The first-order valence-corrected chi connectivity index (χ1v) is 5.71. The zero-order chi connectivity index (χ0) is 12.1. The van der Waals surface area contributed by atoms with Crippen molar-refractivity contribution in [2.75, 3.05) is 20.3 Å². The second kappa shape index (κ2) is 5.63. The van der Waals surface area contributed by atoms with Gasteiger partial charge in [0.2, 0.25) is 5.88 Å². The molecule has 17 heavy (non-hydrogen) atoms. The van der Waals surface area contributed by atoms with Crippen LogP contribution in [-0.4, -0.2) is 37.3 Å². The SMILES string of the molecule is COC(=O)c1cccnc1OCC1CCCN1. The maximum Gasteiger partial charge on any atom is 0.343 e. The number of carbonyl (C=O) groups excluding carboxylic acids is 1. The molecular formula is C12H16N2O3. The Kier molecular flexibility index (Phi) is 3.93. The van der Waals surface area contributed by atoms with Crippen LogP contribution in [0.4, 0.5) is 0 Å². The third kappa shape index (κ3) is 2.94. The van der Waals surface area contributed by atoms with E-state index in [0.717, 1.165) is 13.0 Å². The van der Waals surface area contributed by atoms with Crippen molar-refractivity contribution in [3.8, 4) is 5.88 Å². The van der Waals surface area contributed by atoms with Crippen LogP contribution in [0.1, 0.15) is 23.2 Å².